The second kappa shape index (κ2) is 10.2. The third-order valence-electron chi connectivity index (χ3n) is 3.53. The Kier molecular flexibility index (Phi) is 8.67. The van der Waals surface area contributed by atoms with Gasteiger partial charge in [0.2, 0.25) is 0 Å². The van der Waals surface area contributed by atoms with Crippen molar-refractivity contribution >= 4 is 12.4 Å². The summed E-state index contributed by atoms with van der Waals surface area (Å²) in [5.74, 6) is 1.28. The smallest absolute Gasteiger partial charge is 0.129 e. The minimum Gasteiger partial charge on any atom is -0.488 e. The number of halogens is 2. The lowest BCUT2D eigenvalue weighted by atomic mass is 10.1. The lowest BCUT2D eigenvalue weighted by Crippen LogP contribution is -2.17. The SMILES string of the molecule is CC(C)CCNCc1ccccc1OCc1ccccc1F.Cl. The van der Waals surface area contributed by atoms with Crippen LogP contribution in [0.25, 0.3) is 0 Å². The second-order valence-electron chi connectivity index (χ2n) is 5.85. The average Bonchev–Trinajstić information content (AvgIpc) is 2.51. The normalized spacial score (nSPS) is 10.4. The fourth-order valence-electron chi connectivity index (χ4n) is 2.18. The van der Waals surface area contributed by atoms with Gasteiger partial charge in [-0.2, -0.15) is 0 Å². The zero-order valence-electron chi connectivity index (χ0n) is 13.7. The van der Waals surface area contributed by atoms with Crippen molar-refractivity contribution in [3.63, 3.8) is 0 Å². The van der Waals surface area contributed by atoms with E-state index in [2.05, 4.69) is 19.2 Å². The van der Waals surface area contributed by atoms with Crippen LogP contribution in [0.4, 0.5) is 4.39 Å². The van der Waals surface area contributed by atoms with Crippen molar-refractivity contribution < 1.29 is 9.13 Å². The Morgan fingerprint density at radius 3 is 2.35 bits per heavy atom. The van der Waals surface area contributed by atoms with Crippen molar-refractivity contribution in [2.45, 2.75) is 33.4 Å². The second-order valence-corrected chi connectivity index (χ2v) is 5.85. The van der Waals surface area contributed by atoms with E-state index < -0.39 is 0 Å². The van der Waals surface area contributed by atoms with Crippen LogP contribution < -0.4 is 10.1 Å². The average molecular weight is 338 g/mol. The highest BCUT2D eigenvalue weighted by Gasteiger charge is 2.06. The van der Waals surface area contributed by atoms with Crippen LogP contribution in [0.15, 0.2) is 48.5 Å². The molecule has 0 saturated heterocycles. The Balaban J connectivity index is 0.00000264. The van der Waals surface area contributed by atoms with Gasteiger partial charge in [-0.05, 0) is 31.0 Å². The Morgan fingerprint density at radius 2 is 1.65 bits per heavy atom. The van der Waals surface area contributed by atoms with Crippen LogP contribution in [0.2, 0.25) is 0 Å². The topological polar surface area (TPSA) is 21.3 Å². The van der Waals surface area contributed by atoms with Gasteiger partial charge in [0, 0.05) is 17.7 Å². The van der Waals surface area contributed by atoms with Crippen molar-refractivity contribution in [3.8, 4) is 5.75 Å². The maximum absolute atomic E-state index is 13.6. The first-order chi connectivity index (χ1) is 10.7. The summed E-state index contributed by atoms with van der Waals surface area (Å²) in [6.45, 7) is 6.43. The Morgan fingerprint density at radius 1 is 1.00 bits per heavy atom. The molecule has 0 aliphatic rings. The van der Waals surface area contributed by atoms with Gasteiger partial charge in [0.1, 0.15) is 18.2 Å². The van der Waals surface area contributed by atoms with Crippen LogP contribution >= 0.6 is 12.4 Å². The number of rotatable bonds is 8. The molecule has 2 nitrogen and oxygen atoms in total. The molecule has 0 bridgehead atoms. The van der Waals surface area contributed by atoms with Crippen molar-refractivity contribution in [2.75, 3.05) is 6.54 Å². The molecule has 126 valence electrons. The van der Waals surface area contributed by atoms with Gasteiger partial charge in [0.15, 0.2) is 0 Å². The minimum atomic E-state index is -0.227. The third-order valence-corrected chi connectivity index (χ3v) is 3.53. The van der Waals surface area contributed by atoms with Gasteiger partial charge in [0.05, 0.1) is 0 Å². The summed E-state index contributed by atoms with van der Waals surface area (Å²) in [7, 11) is 0. The summed E-state index contributed by atoms with van der Waals surface area (Å²) in [6.07, 6.45) is 1.15. The first-order valence-corrected chi connectivity index (χ1v) is 7.81. The number of para-hydroxylation sites is 1. The van der Waals surface area contributed by atoms with Crippen LogP contribution in [-0.4, -0.2) is 6.54 Å². The Bertz CT molecular complexity index is 589. The maximum Gasteiger partial charge on any atom is 0.129 e. The van der Waals surface area contributed by atoms with Gasteiger partial charge < -0.3 is 10.1 Å². The molecular weight excluding hydrogens is 313 g/mol. The zero-order valence-corrected chi connectivity index (χ0v) is 14.5. The third kappa shape index (κ3) is 6.59. The van der Waals surface area contributed by atoms with Gasteiger partial charge in [-0.1, -0.05) is 50.2 Å². The lowest BCUT2D eigenvalue weighted by molar-refractivity contribution is 0.296. The summed E-state index contributed by atoms with van der Waals surface area (Å²) >= 11 is 0. The molecule has 2 aromatic rings. The Labute approximate surface area is 144 Å². The van der Waals surface area contributed by atoms with E-state index in [0.29, 0.717) is 11.5 Å². The predicted molar refractivity (Wildman–Crippen MR) is 95.6 cm³/mol. The molecule has 23 heavy (non-hydrogen) atoms. The minimum absolute atomic E-state index is 0. The van der Waals surface area contributed by atoms with E-state index >= 15 is 0 Å². The van der Waals surface area contributed by atoms with Crippen LogP contribution in [0, 0.1) is 11.7 Å². The van der Waals surface area contributed by atoms with E-state index in [1.807, 2.05) is 30.3 Å². The van der Waals surface area contributed by atoms with Crippen molar-refractivity contribution in [3.05, 3.63) is 65.5 Å². The van der Waals surface area contributed by atoms with E-state index in [9.17, 15) is 4.39 Å². The van der Waals surface area contributed by atoms with Crippen LogP contribution in [-0.2, 0) is 13.2 Å². The standard InChI is InChI=1S/C19H24FNO.ClH/c1-15(2)11-12-21-13-16-7-4-6-10-19(16)22-14-17-8-3-5-9-18(17)20;/h3-10,15,21H,11-14H2,1-2H3;1H. The fourth-order valence-corrected chi connectivity index (χ4v) is 2.18. The Hall–Kier alpha value is -1.58. The number of hydrogen-bond donors (Lipinski definition) is 1. The molecule has 0 heterocycles. The van der Waals surface area contributed by atoms with E-state index in [1.165, 1.54) is 6.07 Å². The molecule has 0 amide bonds. The summed E-state index contributed by atoms with van der Waals surface area (Å²) in [6, 6.07) is 14.6. The molecule has 2 aromatic carbocycles. The van der Waals surface area contributed by atoms with Crippen molar-refractivity contribution in [1.82, 2.24) is 5.32 Å². The number of ether oxygens (including phenoxy) is 1. The predicted octanol–water partition coefficient (Wildman–Crippen LogP) is 4.96. The van der Waals surface area contributed by atoms with Crippen molar-refractivity contribution in [1.29, 1.82) is 0 Å². The molecule has 2 rings (SSSR count). The molecule has 0 radical (unpaired) electrons. The lowest BCUT2D eigenvalue weighted by Gasteiger charge is -2.13. The van der Waals surface area contributed by atoms with Gasteiger partial charge in [-0.3, -0.25) is 0 Å². The monoisotopic (exact) mass is 337 g/mol. The highest BCUT2D eigenvalue weighted by molar-refractivity contribution is 5.85. The number of benzene rings is 2. The zero-order chi connectivity index (χ0) is 15.8. The van der Waals surface area contributed by atoms with Crippen LogP contribution in [0.1, 0.15) is 31.4 Å². The molecular formula is C19H25ClFNO. The molecule has 0 saturated carbocycles. The van der Waals surface area contributed by atoms with E-state index in [1.54, 1.807) is 12.1 Å². The quantitative estimate of drug-likeness (QED) is 0.687. The molecule has 0 unspecified atom stereocenters. The maximum atomic E-state index is 13.6. The summed E-state index contributed by atoms with van der Waals surface area (Å²) in [5, 5.41) is 3.43. The van der Waals surface area contributed by atoms with Gasteiger partial charge >= 0.3 is 0 Å². The van der Waals surface area contributed by atoms with Gasteiger partial charge in [-0.25, -0.2) is 4.39 Å². The largest absolute Gasteiger partial charge is 0.488 e. The fraction of sp³-hybridized carbons (Fsp3) is 0.368. The number of hydrogen-bond acceptors (Lipinski definition) is 2. The molecule has 0 atom stereocenters. The van der Waals surface area contributed by atoms with Gasteiger partial charge in [0.25, 0.3) is 0 Å². The first-order valence-electron chi connectivity index (χ1n) is 7.81. The van der Waals surface area contributed by atoms with E-state index in [-0.39, 0.29) is 24.8 Å². The summed E-state index contributed by atoms with van der Waals surface area (Å²) in [4.78, 5) is 0. The van der Waals surface area contributed by atoms with Crippen molar-refractivity contribution in [2.24, 2.45) is 5.92 Å². The molecule has 4 heteroatoms. The molecule has 0 spiro atoms. The summed E-state index contributed by atoms with van der Waals surface area (Å²) in [5.41, 5.74) is 1.67. The number of nitrogens with one attached hydrogen (secondary N) is 1. The molecule has 1 N–H and O–H groups in total. The van der Waals surface area contributed by atoms with Gasteiger partial charge in [-0.15, -0.1) is 12.4 Å². The van der Waals surface area contributed by atoms with Crippen LogP contribution in [0.5, 0.6) is 5.75 Å². The summed E-state index contributed by atoms with van der Waals surface area (Å²) < 4.78 is 19.4. The highest BCUT2D eigenvalue weighted by atomic mass is 35.5. The van der Waals surface area contributed by atoms with E-state index in [0.717, 1.165) is 30.8 Å². The van der Waals surface area contributed by atoms with Crippen LogP contribution in [0.3, 0.4) is 0 Å². The molecule has 0 fully saturated rings. The molecule has 0 aromatic heterocycles. The molecule has 0 aliphatic carbocycles. The first kappa shape index (κ1) is 19.5. The van der Waals surface area contributed by atoms with E-state index in [4.69, 9.17) is 4.74 Å². The molecule has 0 aliphatic heterocycles. The highest BCUT2D eigenvalue weighted by Crippen LogP contribution is 2.20.